The van der Waals surface area contributed by atoms with Gasteiger partial charge in [0, 0.05) is 36.3 Å². The molecule has 0 aliphatic rings. The minimum Gasteiger partial charge on any atom is -0.494 e. The van der Waals surface area contributed by atoms with Crippen molar-refractivity contribution in [3.8, 4) is 17.0 Å². The summed E-state index contributed by atoms with van der Waals surface area (Å²) in [4.78, 5) is 33.4. The molecule has 168 valence electrons. The normalized spacial score (nSPS) is 10.8. The number of likely N-dealkylation sites (N-methyl/N-ethyl adjacent to an activating group) is 1. The number of nitrogens with one attached hydrogen (secondary N) is 1. The van der Waals surface area contributed by atoms with E-state index < -0.39 is 5.82 Å². The smallest absolute Gasteiger partial charge is 0.254 e. The van der Waals surface area contributed by atoms with Crippen molar-refractivity contribution in [3.05, 3.63) is 71.9 Å². The van der Waals surface area contributed by atoms with E-state index in [0.29, 0.717) is 34.6 Å². The number of fused-ring (bicyclic) bond motifs is 1. The monoisotopic (exact) mass is 447 g/mol. The molecule has 9 heteroatoms. The maximum atomic E-state index is 14.2. The van der Waals surface area contributed by atoms with Crippen molar-refractivity contribution in [2.24, 2.45) is 0 Å². The van der Waals surface area contributed by atoms with Crippen LogP contribution >= 0.6 is 0 Å². The summed E-state index contributed by atoms with van der Waals surface area (Å²) >= 11 is 0. The number of hydrogen-bond donors (Lipinski definition) is 1. The Labute approximate surface area is 189 Å². The third-order valence-corrected chi connectivity index (χ3v) is 5.29. The van der Waals surface area contributed by atoms with Crippen molar-refractivity contribution in [2.45, 2.75) is 6.92 Å². The number of nitrogens with zero attached hydrogens (tertiary/aromatic N) is 4. The molecule has 4 rings (SSSR count). The first kappa shape index (κ1) is 21.9. The molecule has 0 atom stereocenters. The van der Waals surface area contributed by atoms with Crippen molar-refractivity contribution < 1.29 is 18.7 Å². The summed E-state index contributed by atoms with van der Waals surface area (Å²) in [5.41, 5.74) is 3.91. The van der Waals surface area contributed by atoms with Crippen molar-refractivity contribution in [3.63, 3.8) is 0 Å². The first-order valence-electron chi connectivity index (χ1n) is 10.2. The highest BCUT2D eigenvalue weighted by Gasteiger charge is 2.16. The van der Waals surface area contributed by atoms with E-state index in [2.05, 4.69) is 15.3 Å². The second-order valence-corrected chi connectivity index (χ2v) is 7.47. The van der Waals surface area contributed by atoms with Crippen LogP contribution in [0.5, 0.6) is 5.75 Å². The predicted molar refractivity (Wildman–Crippen MR) is 122 cm³/mol. The van der Waals surface area contributed by atoms with Crippen molar-refractivity contribution >= 4 is 29.3 Å². The molecule has 2 aromatic carbocycles. The van der Waals surface area contributed by atoms with Gasteiger partial charge in [-0.25, -0.2) is 14.4 Å². The minimum atomic E-state index is -0.457. The molecule has 0 saturated carbocycles. The Morgan fingerprint density at radius 2 is 2.06 bits per heavy atom. The molecule has 0 spiro atoms. The molecule has 8 nitrogen and oxygen atoms in total. The number of hydrogen-bond acceptors (Lipinski definition) is 6. The van der Waals surface area contributed by atoms with Gasteiger partial charge in [-0.3, -0.25) is 9.20 Å². The quantitative estimate of drug-likeness (QED) is 0.433. The van der Waals surface area contributed by atoms with Crippen LogP contribution in [-0.2, 0) is 4.79 Å². The molecule has 4 aromatic rings. The van der Waals surface area contributed by atoms with Gasteiger partial charge >= 0.3 is 0 Å². The summed E-state index contributed by atoms with van der Waals surface area (Å²) in [5.74, 6) is -0.00206. The highest BCUT2D eigenvalue weighted by molar-refractivity contribution is 5.97. The molecule has 33 heavy (non-hydrogen) atoms. The SMILES string of the molecule is COc1ccc(-c2cnc3c(Nc4ccc(C(=O)N(C)CC=O)c(C)c4)nccn23)cc1F. The van der Waals surface area contributed by atoms with Gasteiger partial charge in [-0.1, -0.05) is 0 Å². The van der Waals surface area contributed by atoms with Crippen LogP contribution in [0.4, 0.5) is 15.9 Å². The molecular weight excluding hydrogens is 425 g/mol. The Morgan fingerprint density at radius 1 is 1.24 bits per heavy atom. The zero-order valence-electron chi connectivity index (χ0n) is 18.4. The van der Waals surface area contributed by atoms with Crippen molar-refractivity contribution in [2.75, 3.05) is 26.0 Å². The van der Waals surface area contributed by atoms with E-state index in [1.165, 1.54) is 18.1 Å². The topological polar surface area (TPSA) is 88.8 Å². The van der Waals surface area contributed by atoms with E-state index in [4.69, 9.17) is 4.74 Å². The average molecular weight is 447 g/mol. The zero-order valence-corrected chi connectivity index (χ0v) is 18.4. The van der Waals surface area contributed by atoms with Crippen LogP contribution < -0.4 is 10.1 Å². The Bertz CT molecular complexity index is 1350. The summed E-state index contributed by atoms with van der Waals surface area (Å²) in [6.07, 6.45) is 5.72. The molecule has 0 radical (unpaired) electrons. The van der Waals surface area contributed by atoms with Crippen LogP contribution in [0.25, 0.3) is 16.9 Å². The number of rotatable bonds is 7. The molecule has 0 fully saturated rings. The van der Waals surface area contributed by atoms with Gasteiger partial charge in [0.25, 0.3) is 5.91 Å². The summed E-state index contributed by atoms with van der Waals surface area (Å²) in [7, 11) is 3.00. The number of aryl methyl sites for hydroxylation is 1. The molecule has 0 aliphatic carbocycles. The Hall–Kier alpha value is -4.27. The number of anilines is 2. The lowest BCUT2D eigenvalue weighted by Crippen LogP contribution is -2.28. The van der Waals surface area contributed by atoms with E-state index in [-0.39, 0.29) is 18.2 Å². The van der Waals surface area contributed by atoms with E-state index in [1.807, 2.05) is 17.4 Å². The number of aromatic nitrogens is 3. The van der Waals surface area contributed by atoms with Gasteiger partial charge in [0.05, 0.1) is 25.5 Å². The molecule has 1 amide bonds. The number of methoxy groups -OCH3 is 1. The number of halogens is 1. The summed E-state index contributed by atoms with van der Waals surface area (Å²) in [5, 5.41) is 3.23. The molecule has 0 aliphatic heterocycles. The lowest BCUT2D eigenvalue weighted by molar-refractivity contribution is -0.108. The van der Waals surface area contributed by atoms with E-state index in [9.17, 15) is 14.0 Å². The lowest BCUT2D eigenvalue weighted by Gasteiger charge is -2.16. The fourth-order valence-corrected chi connectivity index (χ4v) is 3.57. The predicted octanol–water partition coefficient (Wildman–Crippen LogP) is 3.87. The molecule has 1 N–H and O–H groups in total. The fourth-order valence-electron chi connectivity index (χ4n) is 3.57. The van der Waals surface area contributed by atoms with Crippen molar-refractivity contribution in [1.29, 1.82) is 0 Å². The number of carbonyl (C=O) groups excluding carboxylic acids is 2. The second kappa shape index (κ2) is 9.07. The van der Waals surface area contributed by atoms with Crippen molar-refractivity contribution in [1.82, 2.24) is 19.3 Å². The zero-order chi connectivity index (χ0) is 23.5. The second-order valence-electron chi connectivity index (χ2n) is 7.47. The van der Waals surface area contributed by atoms with Crippen LogP contribution in [-0.4, -0.2) is 52.2 Å². The molecular formula is C24H22FN5O3. The number of imidazole rings is 1. The van der Waals surface area contributed by atoms with Crippen LogP contribution in [0.15, 0.2) is 55.0 Å². The minimum absolute atomic E-state index is 0.0322. The van der Waals surface area contributed by atoms with E-state index >= 15 is 0 Å². The number of aldehydes is 1. The van der Waals surface area contributed by atoms with Gasteiger partial charge in [-0.05, 0) is 48.9 Å². The van der Waals surface area contributed by atoms with Gasteiger partial charge < -0.3 is 19.7 Å². The summed E-state index contributed by atoms with van der Waals surface area (Å²) in [6, 6.07) is 10.0. The van der Waals surface area contributed by atoms with Crippen LogP contribution in [0, 0.1) is 12.7 Å². The lowest BCUT2D eigenvalue weighted by atomic mass is 10.1. The Balaban J connectivity index is 1.64. The van der Waals surface area contributed by atoms with Crippen LogP contribution in [0.3, 0.4) is 0 Å². The largest absolute Gasteiger partial charge is 0.494 e. The van der Waals surface area contributed by atoms with E-state index in [0.717, 1.165) is 11.3 Å². The average Bonchev–Trinajstić information content (AvgIpc) is 3.24. The maximum Gasteiger partial charge on any atom is 0.254 e. The first-order valence-corrected chi connectivity index (χ1v) is 10.2. The van der Waals surface area contributed by atoms with E-state index in [1.54, 1.807) is 49.9 Å². The standard InChI is InChI=1S/C24H22FN5O3/c1-15-12-17(5-6-18(15)24(32)29(2)10-11-31)28-22-23-27-14-20(30(23)9-8-26-22)16-4-7-21(33-3)19(25)13-16/h4-9,11-14H,10H2,1-3H3,(H,26,28). The number of amides is 1. The summed E-state index contributed by atoms with van der Waals surface area (Å²) in [6.45, 7) is 1.86. The third kappa shape index (κ3) is 4.25. The number of benzene rings is 2. The maximum absolute atomic E-state index is 14.2. The highest BCUT2D eigenvalue weighted by Crippen LogP contribution is 2.28. The Morgan fingerprint density at radius 3 is 2.76 bits per heavy atom. The molecule has 0 unspecified atom stereocenters. The molecule has 0 bridgehead atoms. The van der Waals surface area contributed by atoms with Gasteiger partial charge in [-0.2, -0.15) is 0 Å². The summed E-state index contributed by atoms with van der Waals surface area (Å²) < 4.78 is 21.0. The van der Waals surface area contributed by atoms with Gasteiger partial charge in [0.2, 0.25) is 0 Å². The Kier molecular flexibility index (Phi) is 6.03. The van der Waals surface area contributed by atoms with Crippen LogP contribution in [0.1, 0.15) is 15.9 Å². The molecule has 2 aromatic heterocycles. The van der Waals surface area contributed by atoms with Crippen LogP contribution in [0.2, 0.25) is 0 Å². The number of carbonyl (C=O) groups is 2. The van der Waals surface area contributed by atoms with Gasteiger partial charge in [0.15, 0.2) is 23.0 Å². The molecule has 0 saturated heterocycles. The highest BCUT2D eigenvalue weighted by atomic mass is 19.1. The van der Waals surface area contributed by atoms with Gasteiger partial charge in [0.1, 0.15) is 6.29 Å². The molecule has 2 heterocycles. The fraction of sp³-hybridized carbons (Fsp3) is 0.167. The third-order valence-electron chi connectivity index (χ3n) is 5.29. The first-order chi connectivity index (χ1) is 15.9. The number of ether oxygens (including phenoxy) is 1. The van der Waals surface area contributed by atoms with Gasteiger partial charge in [-0.15, -0.1) is 0 Å².